The number of ketones is 1. The number of ether oxygens (including phenoxy) is 1. The fourth-order valence-electron chi connectivity index (χ4n) is 2.37. The molecule has 0 aromatic heterocycles. The first kappa shape index (κ1) is 12.6. The Hall–Kier alpha value is -1.84. The Morgan fingerprint density at radius 3 is 2.44 bits per heavy atom. The average Bonchev–Trinajstić information content (AvgIpc) is 3.07. The van der Waals surface area contributed by atoms with Crippen molar-refractivity contribution in [3.63, 3.8) is 0 Å². The number of carboxylic acids is 1. The summed E-state index contributed by atoms with van der Waals surface area (Å²) in [6.45, 7) is 3.79. The van der Waals surface area contributed by atoms with Crippen LogP contribution in [0.1, 0.15) is 27.9 Å². The number of rotatable bonds is 4. The Balaban J connectivity index is 2.34. The Morgan fingerprint density at radius 2 is 1.94 bits per heavy atom. The Bertz CT molecular complexity index is 519. The minimum Gasteiger partial charge on any atom is -0.496 e. The van der Waals surface area contributed by atoms with E-state index in [9.17, 15) is 9.59 Å². The van der Waals surface area contributed by atoms with Crippen LogP contribution in [0.15, 0.2) is 12.1 Å². The van der Waals surface area contributed by atoms with Crippen LogP contribution in [0.2, 0.25) is 0 Å². The predicted octanol–water partition coefficient (Wildman–Crippen LogP) is 2.22. The molecule has 1 aliphatic carbocycles. The number of methoxy groups -OCH3 is 1. The number of Topliss-reactive ketones (excluding diaryl/α,β-unsaturated/α-hetero) is 1. The van der Waals surface area contributed by atoms with Gasteiger partial charge < -0.3 is 9.84 Å². The smallest absolute Gasteiger partial charge is 0.307 e. The number of hydrogen-bond donors (Lipinski definition) is 1. The van der Waals surface area contributed by atoms with Crippen LogP contribution in [0.4, 0.5) is 0 Å². The molecule has 1 N–H and O–H groups in total. The van der Waals surface area contributed by atoms with E-state index in [-0.39, 0.29) is 5.78 Å². The lowest BCUT2D eigenvalue weighted by molar-refractivity contribution is -0.138. The molecule has 2 atom stereocenters. The van der Waals surface area contributed by atoms with E-state index in [1.807, 2.05) is 19.9 Å². The van der Waals surface area contributed by atoms with Gasteiger partial charge in [-0.25, -0.2) is 0 Å². The first-order valence-electron chi connectivity index (χ1n) is 5.88. The van der Waals surface area contributed by atoms with Crippen LogP contribution >= 0.6 is 0 Å². The van der Waals surface area contributed by atoms with Gasteiger partial charge in [-0.3, -0.25) is 9.59 Å². The molecule has 96 valence electrons. The van der Waals surface area contributed by atoms with E-state index in [0.29, 0.717) is 17.7 Å². The SMILES string of the molecule is COc1c(C)cc(C)cc1C(=O)C1CC1C(=O)O. The van der Waals surface area contributed by atoms with Gasteiger partial charge in [0.25, 0.3) is 0 Å². The van der Waals surface area contributed by atoms with E-state index in [4.69, 9.17) is 9.84 Å². The largest absolute Gasteiger partial charge is 0.496 e. The average molecular weight is 248 g/mol. The first-order valence-corrected chi connectivity index (χ1v) is 5.88. The number of aryl methyl sites for hydroxylation is 2. The van der Waals surface area contributed by atoms with Crippen molar-refractivity contribution >= 4 is 11.8 Å². The molecule has 2 rings (SSSR count). The maximum atomic E-state index is 12.3. The highest BCUT2D eigenvalue weighted by Gasteiger charge is 2.48. The van der Waals surface area contributed by atoms with E-state index in [1.165, 1.54) is 7.11 Å². The van der Waals surface area contributed by atoms with Crippen LogP contribution in [-0.2, 0) is 4.79 Å². The van der Waals surface area contributed by atoms with Gasteiger partial charge in [-0.05, 0) is 37.5 Å². The molecule has 18 heavy (non-hydrogen) atoms. The highest BCUT2D eigenvalue weighted by atomic mass is 16.5. The Morgan fingerprint density at radius 1 is 1.28 bits per heavy atom. The Kier molecular flexibility index (Phi) is 3.11. The van der Waals surface area contributed by atoms with Crippen molar-refractivity contribution < 1.29 is 19.4 Å². The lowest BCUT2D eigenvalue weighted by Gasteiger charge is -2.11. The molecule has 0 aliphatic heterocycles. The van der Waals surface area contributed by atoms with Crippen molar-refractivity contribution in [1.29, 1.82) is 0 Å². The quantitative estimate of drug-likeness (QED) is 0.830. The van der Waals surface area contributed by atoms with Gasteiger partial charge in [-0.15, -0.1) is 0 Å². The van der Waals surface area contributed by atoms with Gasteiger partial charge in [0.1, 0.15) is 5.75 Å². The maximum absolute atomic E-state index is 12.3. The van der Waals surface area contributed by atoms with Crippen LogP contribution in [0, 0.1) is 25.7 Å². The van der Waals surface area contributed by atoms with Crippen molar-refractivity contribution in [2.45, 2.75) is 20.3 Å². The minimum atomic E-state index is -0.892. The third-order valence-electron chi connectivity index (χ3n) is 3.33. The molecule has 0 amide bonds. The molecule has 4 nitrogen and oxygen atoms in total. The van der Waals surface area contributed by atoms with Crippen LogP contribution in [-0.4, -0.2) is 24.0 Å². The number of hydrogen-bond acceptors (Lipinski definition) is 3. The summed E-state index contributed by atoms with van der Waals surface area (Å²) in [6, 6.07) is 3.71. The van der Waals surface area contributed by atoms with Crippen molar-refractivity contribution in [3.8, 4) is 5.75 Å². The maximum Gasteiger partial charge on any atom is 0.307 e. The van der Waals surface area contributed by atoms with Gasteiger partial charge in [0.15, 0.2) is 5.78 Å². The van der Waals surface area contributed by atoms with Crippen molar-refractivity contribution in [3.05, 3.63) is 28.8 Å². The van der Waals surface area contributed by atoms with Crippen LogP contribution in [0.3, 0.4) is 0 Å². The van der Waals surface area contributed by atoms with E-state index in [1.54, 1.807) is 6.07 Å². The zero-order valence-electron chi connectivity index (χ0n) is 10.7. The molecule has 1 fully saturated rings. The van der Waals surface area contributed by atoms with Gasteiger partial charge in [-0.1, -0.05) is 6.07 Å². The lowest BCUT2D eigenvalue weighted by atomic mass is 9.99. The summed E-state index contributed by atoms with van der Waals surface area (Å²) in [5.41, 5.74) is 2.38. The van der Waals surface area contributed by atoms with E-state index >= 15 is 0 Å². The number of carboxylic acid groups (broad SMARTS) is 1. The van der Waals surface area contributed by atoms with Gasteiger partial charge in [0.05, 0.1) is 18.6 Å². The summed E-state index contributed by atoms with van der Waals surface area (Å²) < 4.78 is 5.26. The van der Waals surface area contributed by atoms with Crippen molar-refractivity contribution in [1.82, 2.24) is 0 Å². The summed E-state index contributed by atoms with van der Waals surface area (Å²) in [7, 11) is 1.52. The normalized spacial score (nSPS) is 21.5. The minimum absolute atomic E-state index is 0.119. The molecule has 1 aromatic rings. The Labute approximate surface area is 106 Å². The fraction of sp³-hybridized carbons (Fsp3) is 0.429. The second-order valence-corrected chi connectivity index (χ2v) is 4.81. The monoisotopic (exact) mass is 248 g/mol. The summed E-state index contributed by atoms with van der Waals surface area (Å²) in [5.74, 6) is -1.37. The summed E-state index contributed by atoms with van der Waals surface area (Å²) in [4.78, 5) is 23.1. The summed E-state index contributed by atoms with van der Waals surface area (Å²) in [6.07, 6.45) is 0.435. The second kappa shape index (κ2) is 4.44. The zero-order valence-corrected chi connectivity index (χ0v) is 10.7. The third kappa shape index (κ3) is 2.10. The molecule has 4 heteroatoms. The van der Waals surface area contributed by atoms with E-state index in [2.05, 4.69) is 0 Å². The zero-order chi connectivity index (χ0) is 13.4. The predicted molar refractivity (Wildman–Crippen MR) is 66.0 cm³/mol. The fourth-order valence-corrected chi connectivity index (χ4v) is 2.37. The third-order valence-corrected chi connectivity index (χ3v) is 3.33. The molecule has 0 bridgehead atoms. The van der Waals surface area contributed by atoms with Crippen LogP contribution in [0.5, 0.6) is 5.75 Å². The lowest BCUT2D eigenvalue weighted by Crippen LogP contribution is -2.10. The van der Waals surface area contributed by atoms with Gasteiger partial charge in [0.2, 0.25) is 0 Å². The van der Waals surface area contributed by atoms with Gasteiger partial charge >= 0.3 is 5.97 Å². The molecule has 1 aromatic carbocycles. The van der Waals surface area contributed by atoms with E-state index in [0.717, 1.165) is 11.1 Å². The first-order chi connectivity index (χ1) is 8.45. The van der Waals surface area contributed by atoms with E-state index < -0.39 is 17.8 Å². The topological polar surface area (TPSA) is 63.6 Å². The second-order valence-electron chi connectivity index (χ2n) is 4.81. The molecule has 0 saturated heterocycles. The van der Waals surface area contributed by atoms with Crippen molar-refractivity contribution in [2.75, 3.05) is 7.11 Å². The molecule has 0 heterocycles. The van der Waals surface area contributed by atoms with Crippen molar-refractivity contribution in [2.24, 2.45) is 11.8 Å². The van der Waals surface area contributed by atoms with Crippen LogP contribution < -0.4 is 4.74 Å². The molecule has 1 aliphatic rings. The van der Waals surface area contributed by atoms with Gasteiger partial charge in [-0.2, -0.15) is 0 Å². The standard InChI is InChI=1S/C14H16O4/c1-7-4-8(2)13(18-3)11(5-7)12(15)9-6-10(9)14(16)17/h4-5,9-10H,6H2,1-3H3,(H,16,17). The molecule has 0 spiro atoms. The summed E-state index contributed by atoms with van der Waals surface area (Å²) >= 11 is 0. The summed E-state index contributed by atoms with van der Waals surface area (Å²) in [5, 5.41) is 8.87. The number of benzene rings is 1. The number of carbonyl (C=O) groups excluding carboxylic acids is 1. The molecule has 2 unspecified atom stereocenters. The molecular weight excluding hydrogens is 232 g/mol. The number of carbonyl (C=O) groups is 2. The number of aliphatic carboxylic acids is 1. The van der Waals surface area contributed by atoms with Gasteiger partial charge in [0, 0.05) is 5.92 Å². The molecular formula is C14H16O4. The highest BCUT2D eigenvalue weighted by Crippen LogP contribution is 2.43. The van der Waals surface area contributed by atoms with Crippen LogP contribution in [0.25, 0.3) is 0 Å². The molecule has 0 radical (unpaired) electrons. The molecule has 1 saturated carbocycles. The highest BCUT2D eigenvalue weighted by molar-refractivity contribution is 6.05.